The van der Waals surface area contributed by atoms with Gasteiger partial charge in [-0.2, -0.15) is 0 Å². The third-order valence-corrected chi connectivity index (χ3v) is 3.42. The van der Waals surface area contributed by atoms with E-state index >= 15 is 0 Å². The average Bonchev–Trinajstić information content (AvgIpc) is 2.84. The van der Waals surface area contributed by atoms with E-state index in [0.29, 0.717) is 5.69 Å². The smallest absolute Gasteiger partial charge is 0.150 e. The number of aromatic nitrogens is 2. The zero-order chi connectivity index (χ0) is 12.3. The number of anilines is 2. The molecule has 2 aromatic rings. The van der Waals surface area contributed by atoms with Gasteiger partial charge in [-0.3, -0.25) is 0 Å². The van der Waals surface area contributed by atoms with Crippen LogP contribution in [0.3, 0.4) is 0 Å². The Kier molecular flexibility index (Phi) is 3.58. The molecule has 0 aromatic carbocycles. The molecule has 0 bridgehead atoms. The maximum absolute atomic E-state index is 5.90. The van der Waals surface area contributed by atoms with Gasteiger partial charge in [-0.15, -0.1) is 11.3 Å². The molecule has 0 fully saturated rings. The summed E-state index contributed by atoms with van der Waals surface area (Å²) in [6, 6.07) is 3.95. The summed E-state index contributed by atoms with van der Waals surface area (Å²) >= 11 is 1.64. The third-order valence-electron chi connectivity index (χ3n) is 2.53. The van der Waals surface area contributed by atoms with Crippen molar-refractivity contribution in [2.45, 2.75) is 26.3 Å². The molecule has 0 saturated carbocycles. The largest absolute Gasteiger partial charge is 0.396 e. The van der Waals surface area contributed by atoms with Crippen LogP contribution in [0.1, 0.15) is 30.1 Å². The lowest BCUT2D eigenvalue weighted by atomic mass is 10.2. The second kappa shape index (κ2) is 5.14. The number of rotatable bonds is 4. The van der Waals surface area contributed by atoms with Crippen molar-refractivity contribution in [1.82, 2.24) is 9.97 Å². The minimum atomic E-state index is 0.173. The van der Waals surface area contributed by atoms with E-state index in [1.165, 1.54) is 0 Å². The molecule has 1 atom stereocenters. The molecule has 2 rings (SSSR count). The molecule has 2 aromatic heterocycles. The van der Waals surface area contributed by atoms with Crippen LogP contribution in [0.25, 0.3) is 0 Å². The Balaban J connectivity index is 2.21. The predicted molar refractivity (Wildman–Crippen MR) is 72.2 cm³/mol. The molecule has 0 aliphatic heterocycles. The number of hydrogen-bond acceptors (Lipinski definition) is 5. The van der Waals surface area contributed by atoms with Crippen LogP contribution in [-0.2, 0) is 0 Å². The zero-order valence-electron chi connectivity index (χ0n) is 9.97. The molecular formula is C12H16N4S. The van der Waals surface area contributed by atoms with Crippen molar-refractivity contribution in [3.8, 4) is 0 Å². The summed E-state index contributed by atoms with van der Waals surface area (Å²) < 4.78 is 0. The van der Waals surface area contributed by atoms with Gasteiger partial charge in [-0.25, -0.2) is 9.97 Å². The number of hydrogen-bond donors (Lipinski definition) is 2. The number of nitrogens with one attached hydrogen (secondary N) is 1. The second-order valence-electron chi connectivity index (χ2n) is 3.87. The maximum Gasteiger partial charge on any atom is 0.150 e. The molecule has 90 valence electrons. The molecule has 0 radical (unpaired) electrons. The topological polar surface area (TPSA) is 63.8 Å². The van der Waals surface area contributed by atoms with Crippen molar-refractivity contribution < 1.29 is 0 Å². The standard InChI is InChI=1S/C12H16N4S/c1-3-10(12-14-6-7-17-12)16-11-9(13)5-4-8(2)15-11/h4-7,10H,3,13H2,1-2H3,(H,15,16). The molecule has 0 aliphatic rings. The Labute approximate surface area is 105 Å². The number of thiazole rings is 1. The molecule has 4 nitrogen and oxygen atoms in total. The summed E-state index contributed by atoms with van der Waals surface area (Å²) in [6.07, 6.45) is 2.76. The van der Waals surface area contributed by atoms with Crippen molar-refractivity contribution in [2.75, 3.05) is 11.1 Å². The lowest BCUT2D eigenvalue weighted by Crippen LogP contribution is -2.12. The number of nitrogens with zero attached hydrogens (tertiary/aromatic N) is 2. The highest BCUT2D eigenvalue weighted by atomic mass is 32.1. The van der Waals surface area contributed by atoms with E-state index in [-0.39, 0.29) is 6.04 Å². The summed E-state index contributed by atoms with van der Waals surface area (Å²) in [5.74, 6) is 0.743. The number of nitrogens with two attached hydrogens (primary N) is 1. The van der Waals surface area contributed by atoms with Crippen LogP contribution in [0, 0.1) is 6.92 Å². The monoisotopic (exact) mass is 248 g/mol. The molecule has 17 heavy (non-hydrogen) atoms. The van der Waals surface area contributed by atoms with Crippen LogP contribution in [0.15, 0.2) is 23.7 Å². The Morgan fingerprint density at radius 3 is 2.94 bits per heavy atom. The van der Waals surface area contributed by atoms with Gasteiger partial charge in [-0.1, -0.05) is 6.92 Å². The van der Waals surface area contributed by atoms with Gasteiger partial charge >= 0.3 is 0 Å². The predicted octanol–water partition coefficient (Wildman–Crippen LogP) is 2.99. The summed E-state index contributed by atoms with van der Waals surface area (Å²) in [6.45, 7) is 4.07. The van der Waals surface area contributed by atoms with Crippen molar-refractivity contribution in [1.29, 1.82) is 0 Å². The van der Waals surface area contributed by atoms with Gasteiger partial charge in [0.05, 0.1) is 11.7 Å². The van der Waals surface area contributed by atoms with Gasteiger partial charge in [0.2, 0.25) is 0 Å². The highest BCUT2D eigenvalue weighted by Gasteiger charge is 2.13. The third kappa shape index (κ3) is 2.74. The van der Waals surface area contributed by atoms with E-state index in [0.717, 1.165) is 22.9 Å². The fourth-order valence-electron chi connectivity index (χ4n) is 1.59. The zero-order valence-corrected chi connectivity index (χ0v) is 10.8. The van der Waals surface area contributed by atoms with Gasteiger partial charge < -0.3 is 11.1 Å². The molecular weight excluding hydrogens is 232 g/mol. The quantitative estimate of drug-likeness (QED) is 0.873. The normalized spacial score (nSPS) is 12.4. The maximum atomic E-state index is 5.90. The minimum Gasteiger partial charge on any atom is -0.396 e. The van der Waals surface area contributed by atoms with E-state index in [1.807, 2.05) is 30.6 Å². The first kappa shape index (κ1) is 11.9. The van der Waals surface area contributed by atoms with Gasteiger partial charge in [0.25, 0.3) is 0 Å². The summed E-state index contributed by atoms with van der Waals surface area (Å²) in [4.78, 5) is 8.73. The van der Waals surface area contributed by atoms with E-state index in [2.05, 4.69) is 22.2 Å². The highest BCUT2D eigenvalue weighted by Crippen LogP contribution is 2.26. The molecule has 5 heteroatoms. The number of pyridine rings is 1. The first-order valence-corrected chi connectivity index (χ1v) is 6.47. The number of aryl methyl sites for hydroxylation is 1. The molecule has 0 saturated heterocycles. The lowest BCUT2D eigenvalue weighted by Gasteiger charge is -2.16. The van der Waals surface area contributed by atoms with Crippen molar-refractivity contribution in [3.05, 3.63) is 34.4 Å². The first-order valence-electron chi connectivity index (χ1n) is 5.59. The van der Waals surface area contributed by atoms with Gasteiger partial charge in [0.1, 0.15) is 10.8 Å². The summed E-state index contributed by atoms with van der Waals surface area (Å²) in [5, 5.41) is 6.40. The van der Waals surface area contributed by atoms with Crippen molar-refractivity contribution in [3.63, 3.8) is 0 Å². The van der Waals surface area contributed by atoms with Crippen LogP contribution < -0.4 is 11.1 Å². The van der Waals surface area contributed by atoms with Crippen LogP contribution in [0.2, 0.25) is 0 Å². The van der Waals surface area contributed by atoms with E-state index < -0.39 is 0 Å². The van der Waals surface area contributed by atoms with E-state index in [9.17, 15) is 0 Å². The molecule has 0 spiro atoms. The molecule has 0 amide bonds. The van der Waals surface area contributed by atoms with Gasteiger partial charge in [0.15, 0.2) is 0 Å². The van der Waals surface area contributed by atoms with E-state index in [1.54, 1.807) is 11.3 Å². The van der Waals surface area contributed by atoms with Gasteiger partial charge in [-0.05, 0) is 25.5 Å². The van der Waals surface area contributed by atoms with Crippen molar-refractivity contribution >= 4 is 22.8 Å². The molecule has 1 unspecified atom stereocenters. The first-order chi connectivity index (χ1) is 8.20. The minimum absolute atomic E-state index is 0.173. The van der Waals surface area contributed by atoms with Crippen LogP contribution in [-0.4, -0.2) is 9.97 Å². The van der Waals surface area contributed by atoms with Crippen LogP contribution in [0.5, 0.6) is 0 Å². The highest BCUT2D eigenvalue weighted by molar-refractivity contribution is 7.09. The summed E-state index contributed by atoms with van der Waals surface area (Å²) in [5.41, 5.74) is 7.53. The van der Waals surface area contributed by atoms with E-state index in [4.69, 9.17) is 5.73 Å². The SMILES string of the molecule is CCC(Nc1nc(C)ccc1N)c1nccs1. The van der Waals surface area contributed by atoms with Crippen LogP contribution in [0.4, 0.5) is 11.5 Å². The Morgan fingerprint density at radius 1 is 1.47 bits per heavy atom. The lowest BCUT2D eigenvalue weighted by molar-refractivity contribution is 0.737. The fourth-order valence-corrected chi connectivity index (χ4v) is 2.37. The van der Waals surface area contributed by atoms with Crippen LogP contribution >= 0.6 is 11.3 Å². The van der Waals surface area contributed by atoms with Gasteiger partial charge in [0, 0.05) is 17.3 Å². The number of nitrogen functional groups attached to an aromatic ring is 1. The summed E-state index contributed by atoms with van der Waals surface area (Å²) in [7, 11) is 0. The fraction of sp³-hybridized carbons (Fsp3) is 0.333. The second-order valence-corrected chi connectivity index (χ2v) is 4.79. The average molecular weight is 248 g/mol. The van der Waals surface area contributed by atoms with Crippen molar-refractivity contribution in [2.24, 2.45) is 0 Å². The Hall–Kier alpha value is -1.62. The molecule has 3 N–H and O–H groups in total. The molecule has 0 aliphatic carbocycles. The Morgan fingerprint density at radius 2 is 2.29 bits per heavy atom. The Bertz CT molecular complexity index is 481. The molecule has 2 heterocycles.